The van der Waals surface area contributed by atoms with E-state index in [1.165, 1.54) is 0 Å². The van der Waals surface area contributed by atoms with Crippen molar-refractivity contribution in [3.8, 4) is 0 Å². The van der Waals surface area contributed by atoms with E-state index in [-0.39, 0.29) is 19.9 Å². The summed E-state index contributed by atoms with van der Waals surface area (Å²) in [5.74, 6) is 0. The van der Waals surface area contributed by atoms with E-state index in [2.05, 4.69) is 0 Å². The fraction of sp³-hybridized carbons (Fsp3) is 0. The van der Waals surface area contributed by atoms with Crippen LogP contribution >= 0.6 is 11.6 Å². The van der Waals surface area contributed by atoms with Crippen LogP contribution in [0.4, 0.5) is 0 Å². The zero-order valence-corrected chi connectivity index (χ0v) is 10.7. The second kappa shape index (κ2) is 3.74. The van der Waals surface area contributed by atoms with Crippen LogP contribution in [0.5, 0.6) is 0 Å². The molecule has 1 aromatic heterocycles. The van der Waals surface area contributed by atoms with Crippen molar-refractivity contribution in [1.82, 2.24) is 0 Å². The number of fused-ring (bicyclic) bond motifs is 2. The van der Waals surface area contributed by atoms with Crippen LogP contribution in [0.25, 0.3) is 19.3 Å². The second-order valence-electron chi connectivity index (χ2n) is 3.57. The minimum atomic E-state index is 0.0984. The topological polar surface area (TPSA) is 17.1 Å². The Morgan fingerprint density at radius 1 is 0.938 bits per heavy atom. The molecule has 3 rings (SSSR count). The van der Waals surface area contributed by atoms with Crippen LogP contribution in [0.2, 0.25) is 5.02 Å². The van der Waals surface area contributed by atoms with Gasteiger partial charge in [0.1, 0.15) is 0 Å². The molecule has 0 saturated carbocycles. The van der Waals surface area contributed by atoms with Gasteiger partial charge in [-0.15, -0.1) is 0 Å². The Hall–Kier alpha value is -1.08. The fourth-order valence-electron chi connectivity index (χ4n) is 1.78. The van der Waals surface area contributed by atoms with Crippen LogP contribution in [0.3, 0.4) is 0 Å². The van der Waals surface area contributed by atoms with Gasteiger partial charge in [-0.3, -0.25) is 0 Å². The second-order valence-corrected chi connectivity index (χ2v) is 6.28. The number of hydrogen-bond donors (Lipinski definition) is 0. The third-order valence-electron chi connectivity index (χ3n) is 2.54. The summed E-state index contributed by atoms with van der Waals surface area (Å²) < 4.78 is 2.29. The van der Waals surface area contributed by atoms with E-state index in [0.29, 0.717) is 5.02 Å². The van der Waals surface area contributed by atoms with Gasteiger partial charge in [-0.2, -0.15) is 0 Å². The van der Waals surface area contributed by atoms with Crippen LogP contribution in [-0.2, 0) is 0 Å². The zero-order chi connectivity index (χ0) is 11.1. The Balaban J connectivity index is 2.61. The van der Waals surface area contributed by atoms with Gasteiger partial charge in [0, 0.05) is 0 Å². The van der Waals surface area contributed by atoms with Crippen molar-refractivity contribution in [2.45, 2.75) is 0 Å². The summed E-state index contributed by atoms with van der Waals surface area (Å²) in [5, 5.41) is 2.23. The molecule has 0 atom stereocenters. The molecule has 3 aromatic rings. The van der Waals surface area contributed by atoms with E-state index < -0.39 is 0 Å². The average molecular weight is 294 g/mol. The van der Waals surface area contributed by atoms with Gasteiger partial charge < -0.3 is 0 Å². The zero-order valence-electron chi connectivity index (χ0n) is 8.24. The van der Waals surface area contributed by atoms with Gasteiger partial charge in [0.25, 0.3) is 0 Å². The average Bonchev–Trinajstić information content (AvgIpc) is 2.31. The van der Waals surface area contributed by atoms with Crippen LogP contribution in [-0.4, -0.2) is 14.5 Å². The quantitative estimate of drug-likeness (QED) is 0.460. The molecule has 2 aromatic carbocycles. The third-order valence-corrected chi connectivity index (χ3v) is 5.19. The van der Waals surface area contributed by atoms with Crippen molar-refractivity contribution in [2.75, 3.05) is 0 Å². The van der Waals surface area contributed by atoms with Crippen LogP contribution < -0.4 is 5.43 Å². The maximum atomic E-state index is 12.2. The van der Waals surface area contributed by atoms with Gasteiger partial charge in [0.15, 0.2) is 0 Å². The summed E-state index contributed by atoms with van der Waals surface area (Å²) in [6.07, 6.45) is 0. The van der Waals surface area contributed by atoms with Crippen molar-refractivity contribution in [3.63, 3.8) is 0 Å². The molecule has 0 saturated heterocycles. The van der Waals surface area contributed by atoms with Crippen molar-refractivity contribution in [3.05, 3.63) is 57.7 Å². The van der Waals surface area contributed by atoms with Gasteiger partial charge >= 0.3 is 103 Å². The first kappa shape index (κ1) is 10.1. The molecule has 78 valence electrons. The number of benzene rings is 2. The van der Waals surface area contributed by atoms with Gasteiger partial charge in [-0.25, -0.2) is 0 Å². The van der Waals surface area contributed by atoms with E-state index in [4.69, 9.17) is 11.6 Å². The summed E-state index contributed by atoms with van der Waals surface area (Å²) in [4.78, 5) is 12.2. The molecule has 0 bridgehead atoms. The van der Waals surface area contributed by atoms with Gasteiger partial charge in [-0.1, -0.05) is 0 Å². The minimum absolute atomic E-state index is 0.0984. The van der Waals surface area contributed by atoms with Gasteiger partial charge in [0.05, 0.1) is 0 Å². The van der Waals surface area contributed by atoms with Gasteiger partial charge in [-0.05, 0) is 0 Å². The summed E-state index contributed by atoms with van der Waals surface area (Å²) in [6, 6.07) is 13.4. The fourth-order valence-corrected chi connectivity index (χ4v) is 4.15. The van der Waals surface area contributed by atoms with Gasteiger partial charge in [0.2, 0.25) is 0 Å². The van der Waals surface area contributed by atoms with E-state index in [0.717, 1.165) is 19.3 Å². The first-order valence-corrected chi connectivity index (χ1v) is 6.96. The number of hydrogen-bond acceptors (Lipinski definition) is 1. The molecule has 0 unspecified atom stereocenters. The van der Waals surface area contributed by atoms with Crippen LogP contribution in [0.15, 0.2) is 47.3 Å². The maximum absolute atomic E-state index is 12.2. The van der Waals surface area contributed by atoms with Crippen molar-refractivity contribution in [2.24, 2.45) is 0 Å². The Kier molecular flexibility index (Phi) is 2.36. The van der Waals surface area contributed by atoms with Crippen LogP contribution in [0, 0.1) is 0 Å². The third kappa shape index (κ3) is 1.51. The standard InChI is InChI=1S/C13H7ClOSe/c14-8-5-6-12-10(7-8)13(15)9-3-1-2-4-11(9)16-12/h1-7H. The molecule has 0 N–H and O–H groups in total. The molecule has 1 heterocycles. The van der Waals surface area contributed by atoms with E-state index in [1.54, 1.807) is 6.07 Å². The molecular formula is C13H7ClOSe. The molecule has 0 fully saturated rings. The molecule has 0 amide bonds. The number of halogens is 1. The van der Waals surface area contributed by atoms with E-state index >= 15 is 0 Å². The van der Waals surface area contributed by atoms with Crippen molar-refractivity contribution < 1.29 is 0 Å². The van der Waals surface area contributed by atoms with E-state index in [9.17, 15) is 4.79 Å². The monoisotopic (exact) mass is 294 g/mol. The number of rotatable bonds is 0. The van der Waals surface area contributed by atoms with Crippen LogP contribution in [0.1, 0.15) is 0 Å². The summed E-state index contributed by atoms with van der Waals surface area (Å²) in [5.41, 5.74) is 0.0984. The predicted octanol–water partition coefficient (Wildman–Crippen LogP) is 3.06. The van der Waals surface area contributed by atoms with E-state index in [1.807, 2.05) is 36.4 Å². The molecule has 1 nitrogen and oxygen atoms in total. The molecule has 0 spiro atoms. The molecular weight excluding hydrogens is 287 g/mol. The Morgan fingerprint density at radius 2 is 1.69 bits per heavy atom. The molecule has 0 radical (unpaired) electrons. The molecule has 0 aliphatic rings. The normalized spacial score (nSPS) is 11.1. The summed E-state index contributed by atoms with van der Waals surface area (Å²) in [7, 11) is 0. The molecule has 3 heteroatoms. The molecule has 16 heavy (non-hydrogen) atoms. The van der Waals surface area contributed by atoms with Crippen molar-refractivity contribution in [1.29, 1.82) is 0 Å². The molecule has 0 aliphatic carbocycles. The summed E-state index contributed by atoms with van der Waals surface area (Å²) in [6.45, 7) is 0. The predicted molar refractivity (Wildman–Crippen MR) is 69.7 cm³/mol. The Morgan fingerprint density at radius 3 is 2.56 bits per heavy atom. The first-order valence-electron chi connectivity index (χ1n) is 4.87. The Labute approximate surface area is 103 Å². The molecule has 0 aliphatic heterocycles. The first-order chi connectivity index (χ1) is 7.75. The SMILES string of the molecule is O=c1c2ccccc2[se]c2ccc(Cl)cc12. The Bertz CT molecular complexity index is 746. The van der Waals surface area contributed by atoms with Crippen molar-refractivity contribution >= 4 is 45.4 Å². The summed E-state index contributed by atoms with van der Waals surface area (Å²) >= 11 is 6.14.